The lowest BCUT2D eigenvalue weighted by Gasteiger charge is -2.64. The molecule has 0 aromatic carbocycles. The van der Waals surface area contributed by atoms with Crippen molar-refractivity contribution in [1.29, 1.82) is 0 Å². The smallest absolute Gasteiger partial charge is 0.305 e. The highest BCUT2D eigenvalue weighted by atomic mass is 16.4. The Hall–Kier alpha value is -0.570. The molecular formula is C16H27NO2. The van der Waals surface area contributed by atoms with Crippen LogP contribution in [0, 0.1) is 23.2 Å². The number of carbonyl (C=O) groups is 1. The van der Waals surface area contributed by atoms with Crippen molar-refractivity contribution in [2.75, 3.05) is 14.1 Å². The third-order valence-corrected chi connectivity index (χ3v) is 6.66. The number of rotatable bonds is 4. The highest BCUT2D eigenvalue weighted by molar-refractivity contribution is 5.68. The lowest BCUT2D eigenvalue weighted by molar-refractivity contribution is -0.158. The van der Waals surface area contributed by atoms with Gasteiger partial charge in [-0.25, -0.2) is 0 Å². The van der Waals surface area contributed by atoms with Crippen LogP contribution in [0.5, 0.6) is 0 Å². The van der Waals surface area contributed by atoms with E-state index in [9.17, 15) is 9.90 Å². The lowest BCUT2D eigenvalue weighted by Crippen LogP contribution is -2.63. The van der Waals surface area contributed by atoms with Crippen LogP contribution in [0.1, 0.15) is 51.9 Å². The minimum Gasteiger partial charge on any atom is -0.481 e. The molecule has 0 aromatic heterocycles. The first-order chi connectivity index (χ1) is 8.84. The molecule has 3 nitrogen and oxygen atoms in total. The summed E-state index contributed by atoms with van der Waals surface area (Å²) >= 11 is 0. The molecule has 0 aromatic rings. The molecular weight excluding hydrogens is 238 g/mol. The molecule has 1 unspecified atom stereocenters. The summed E-state index contributed by atoms with van der Waals surface area (Å²) in [5.74, 6) is 1.98. The number of hydrogen-bond donors (Lipinski definition) is 1. The molecule has 4 rings (SSSR count). The minimum atomic E-state index is -0.646. The highest BCUT2D eigenvalue weighted by Crippen LogP contribution is 2.65. The molecule has 4 saturated carbocycles. The van der Waals surface area contributed by atoms with Crippen molar-refractivity contribution in [2.24, 2.45) is 23.2 Å². The molecule has 0 aliphatic heterocycles. The number of hydrogen-bond acceptors (Lipinski definition) is 2. The van der Waals surface area contributed by atoms with Gasteiger partial charge < -0.3 is 10.0 Å². The van der Waals surface area contributed by atoms with E-state index in [0.29, 0.717) is 0 Å². The molecule has 4 aliphatic rings. The van der Waals surface area contributed by atoms with Crippen LogP contribution in [-0.4, -0.2) is 35.6 Å². The Labute approximate surface area is 116 Å². The molecule has 0 heterocycles. The summed E-state index contributed by atoms with van der Waals surface area (Å²) < 4.78 is 0. The molecule has 0 radical (unpaired) electrons. The summed E-state index contributed by atoms with van der Waals surface area (Å²) in [4.78, 5) is 13.6. The Bertz CT molecular complexity index is 355. The maximum absolute atomic E-state index is 11.4. The largest absolute Gasteiger partial charge is 0.481 e. The maximum Gasteiger partial charge on any atom is 0.305 e. The first kappa shape index (κ1) is 13.4. The average Bonchev–Trinajstić information content (AvgIpc) is 2.25. The van der Waals surface area contributed by atoms with Gasteiger partial charge in [-0.1, -0.05) is 0 Å². The van der Waals surface area contributed by atoms with Gasteiger partial charge in [0.1, 0.15) is 0 Å². The van der Waals surface area contributed by atoms with Crippen molar-refractivity contribution in [3.8, 4) is 0 Å². The van der Waals surface area contributed by atoms with Gasteiger partial charge in [-0.05, 0) is 82.7 Å². The third-order valence-electron chi connectivity index (χ3n) is 6.66. The van der Waals surface area contributed by atoms with Gasteiger partial charge in [0.05, 0.1) is 6.42 Å². The van der Waals surface area contributed by atoms with Gasteiger partial charge in [0.15, 0.2) is 0 Å². The van der Waals surface area contributed by atoms with E-state index in [1.165, 1.54) is 38.5 Å². The van der Waals surface area contributed by atoms with Crippen LogP contribution in [0.4, 0.5) is 0 Å². The fourth-order valence-electron chi connectivity index (χ4n) is 5.88. The molecule has 4 aliphatic carbocycles. The Morgan fingerprint density at radius 2 is 1.58 bits per heavy atom. The second-order valence-electron chi connectivity index (χ2n) is 7.94. The van der Waals surface area contributed by atoms with Gasteiger partial charge in [0.2, 0.25) is 0 Å². The predicted molar refractivity (Wildman–Crippen MR) is 74.9 cm³/mol. The van der Waals surface area contributed by atoms with Gasteiger partial charge >= 0.3 is 5.97 Å². The van der Waals surface area contributed by atoms with Crippen molar-refractivity contribution in [1.82, 2.24) is 4.90 Å². The fourth-order valence-corrected chi connectivity index (χ4v) is 5.88. The standard InChI is InChI=1S/C16H27NO2/c1-15(17(2)3,10-14(18)19)16-7-11-4-12(8-16)6-13(5-11)9-16/h11-13H,4-10H2,1-3H3,(H,18,19). The second kappa shape index (κ2) is 4.21. The number of nitrogens with zero attached hydrogens (tertiary/aromatic N) is 1. The minimum absolute atomic E-state index is 0.186. The first-order valence-corrected chi connectivity index (χ1v) is 7.74. The Morgan fingerprint density at radius 1 is 1.16 bits per heavy atom. The zero-order valence-electron chi connectivity index (χ0n) is 12.5. The molecule has 1 N–H and O–H groups in total. The predicted octanol–water partition coefficient (Wildman–Crippen LogP) is 3.00. The van der Waals surface area contributed by atoms with Crippen molar-refractivity contribution < 1.29 is 9.90 Å². The van der Waals surface area contributed by atoms with Crippen LogP contribution < -0.4 is 0 Å². The van der Waals surface area contributed by atoms with Crippen LogP contribution in [0.3, 0.4) is 0 Å². The summed E-state index contributed by atoms with van der Waals surface area (Å²) in [6.07, 6.45) is 8.32. The normalized spacial score (nSPS) is 43.5. The van der Waals surface area contributed by atoms with Crippen LogP contribution >= 0.6 is 0 Å². The van der Waals surface area contributed by atoms with E-state index in [4.69, 9.17) is 0 Å². The first-order valence-electron chi connectivity index (χ1n) is 7.74. The van der Waals surface area contributed by atoms with Crippen molar-refractivity contribution in [2.45, 2.75) is 57.4 Å². The molecule has 4 fully saturated rings. The maximum atomic E-state index is 11.4. The van der Waals surface area contributed by atoms with E-state index < -0.39 is 5.97 Å². The molecule has 0 amide bonds. The van der Waals surface area contributed by atoms with E-state index in [0.717, 1.165) is 17.8 Å². The number of carboxylic acids is 1. The summed E-state index contributed by atoms with van der Waals surface area (Å²) in [5, 5.41) is 9.37. The lowest BCUT2D eigenvalue weighted by atomic mass is 9.44. The van der Waals surface area contributed by atoms with Gasteiger partial charge in [0, 0.05) is 5.54 Å². The van der Waals surface area contributed by atoms with Gasteiger partial charge in [-0.3, -0.25) is 4.79 Å². The molecule has 4 bridgehead atoms. The summed E-state index contributed by atoms with van der Waals surface area (Å²) in [6.45, 7) is 2.20. The van der Waals surface area contributed by atoms with Crippen LogP contribution in [0.25, 0.3) is 0 Å². The second-order valence-corrected chi connectivity index (χ2v) is 7.94. The van der Waals surface area contributed by atoms with Crippen LogP contribution in [0.15, 0.2) is 0 Å². The zero-order valence-corrected chi connectivity index (χ0v) is 12.5. The molecule has 19 heavy (non-hydrogen) atoms. The Morgan fingerprint density at radius 3 is 1.89 bits per heavy atom. The van der Waals surface area contributed by atoms with Gasteiger partial charge in [0.25, 0.3) is 0 Å². The number of aliphatic carboxylic acids is 1. The topological polar surface area (TPSA) is 40.5 Å². The molecule has 1 atom stereocenters. The highest BCUT2D eigenvalue weighted by Gasteiger charge is 2.59. The Kier molecular flexibility index (Phi) is 2.97. The van der Waals surface area contributed by atoms with E-state index in [1.807, 2.05) is 0 Å². The van der Waals surface area contributed by atoms with Crippen molar-refractivity contribution in [3.63, 3.8) is 0 Å². The van der Waals surface area contributed by atoms with Crippen LogP contribution in [-0.2, 0) is 4.79 Å². The van der Waals surface area contributed by atoms with E-state index >= 15 is 0 Å². The quantitative estimate of drug-likeness (QED) is 0.849. The average molecular weight is 265 g/mol. The van der Waals surface area contributed by atoms with Crippen molar-refractivity contribution >= 4 is 5.97 Å². The number of carboxylic acid groups (broad SMARTS) is 1. The van der Waals surface area contributed by atoms with Crippen LogP contribution in [0.2, 0.25) is 0 Å². The summed E-state index contributed by atoms with van der Waals surface area (Å²) in [5.41, 5.74) is 0.0679. The SMILES string of the molecule is CN(C)C(C)(CC(=O)O)C12CC3CC(CC(C3)C1)C2. The summed E-state index contributed by atoms with van der Waals surface area (Å²) in [6, 6.07) is 0. The molecule has 108 valence electrons. The van der Waals surface area contributed by atoms with Crippen molar-refractivity contribution in [3.05, 3.63) is 0 Å². The van der Waals surface area contributed by atoms with Gasteiger partial charge in [-0.15, -0.1) is 0 Å². The fraction of sp³-hybridized carbons (Fsp3) is 0.938. The van der Waals surface area contributed by atoms with E-state index in [2.05, 4.69) is 25.9 Å². The Balaban J connectivity index is 1.95. The summed E-state index contributed by atoms with van der Waals surface area (Å²) in [7, 11) is 4.14. The monoisotopic (exact) mass is 265 g/mol. The molecule has 0 saturated heterocycles. The van der Waals surface area contributed by atoms with Gasteiger partial charge in [-0.2, -0.15) is 0 Å². The van der Waals surface area contributed by atoms with E-state index in [1.54, 1.807) is 0 Å². The third kappa shape index (κ3) is 1.93. The van der Waals surface area contributed by atoms with E-state index in [-0.39, 0.29) is 17.4 Å². The zero-order chi connectivity index (χ0) is 13.8. The molecule has 0 spiro atoms. The molecule has 3 heteroatoms.